The fraction of sp³-hybridized carbons (Fsp3) is 0.429. The normalized spacial score (nSPS) is 11.1. The summed E-state index contributed by atoms with van der Waals surface area (Å²) in [6.45, 7) is -1.86. The Balaban J connectivity index is 2.10. The van der Waals surface area contributed by atoms with Gasteiger partial charge in [-0.25, -0.2) is 0 Å². The van der Waals surface area contributed by atoms with E-state index in [0.29, 0.717) is 17.2 Å². The van der Waals surface area contributed by atoms with Crippen LogP contribution in [0.5, 0.6) is 0 Å². The highest BCUT2D eigenvalue weighted by molar-refractivity contribution is 7.99. The van der Waals surface area contributed by atoms with E-state index in [1.165, 1.54) is 0 Å². The summed E-state index contributed by atoms with van der Waals surface area (Å²) in [7, 11) is 0. The summed E-state index contributed by atoms with van der Waals surface area (Å²) in [5.74, 6) is -0.537. The molecule has 0 aromatic heterocycles. The van der Waals surface area contributed by atoms with Crippen LogP contribution in [0.2, 0.25) is 5.02 Å². The number of rotatable bonds is 8. The Kier molecular flexibility index (Phi) is 8.25. The first-order valence-electron chi connectivity index (χ1n) is 6.75. The van der Waals surface area contributed by atoms with Crippen LogP contribution in [0.25, 0.3) is 0 Å². The van der Waals surface area contributed by atoms with Crippen LogP contribution in [-0.4, -0.2) is 36.8 Å². The number of carbonyl (C=O) groups excluding carboxylic acids is 2. The Labute approximate surface area is 141 Å². The number of alkyl halides is 3. The van der Waals surface area contributed by atoms with Crippen molar-refractivity contribution in [3.63, 3.8) is 0 Å². The number of carbonyl (C=O) groups is 2. The molecule has 2 amide bonds. The van der Waals surface area contributed by atoms with Crippen molar-refractivity contribution in [2.24, 2.45) is 0 Å². The lowest BCUT2D eigenvalue weighted by atomic mass is 10.3. The Morgan fingerprint density at radius 1 is 1.09 bits per heavy atom. The first kappa shape index (κ1) is 19.6. The van der Waals surface area contributed by atoms with E-state index in [0.717, 1.165) is 4.90 Å². The third-order valence-electron chi connectivity index (χ3n) is 2.56. The molecule has 0 aliphatic heterocycles. The fourth-order valence-electron chi connectivity index (χ4n) is 1.48. The maximum atomic E-state index is 11.9. The highest BCUT2D eigenvalue weighted by atomic mass is 35.5. The van der Waals surface area contributed by atoms with Gasteiger partial charge < -0.3 is 10.6 Å². The molecule has 23 heavy (non-hydrogen) atoms. The van der Waals surface area contributed by atoms with Gasteiger partial charge in [0.25, 0.3) is 0 Å². The summed E-state index contributed by atoms with van der Waals surface area (Å²) in [4.78, 5) is 23.6. The zero-order valence-corrected chi connectivity index (χ0v) is 13.7. The van der Waals surface area contributed by atoms with Gasteiger partial charge in [0.2, 0.25) is 11.8 Å². The van der Waals surface area contributed by atoms with Crippen LogP contribution in [0.4, 0.5) is 13.2 Å². The molecule has 0 fully saturated rings. The van der Waals surface area contributed by atoms with E-state index in [2.05, 4.69) is 5.32 Å². The van der Waals surface area contributed by atoms with Crippen LogP contribution in [-0.2, 0) is 9.59 Å². The number of nitrogens with one attached hydrogen (secondary N) is 2. The molecular formula is C14H16ClF3N2O2S. The molecule has 4 nitrogen and oxygen atoms in total. The Morgan fingerprint density at radius 3 is 2.35 bits per heavy atom. The smallest absolute Gasteiger partial charge is 0.347 e. The Bertz CT molecular complexity index is 524. The lowest BCUT2D eigenvalue weighted by Gasteiger charge is -2.09. The number of hydrogen-bond donors (Lipinski definition) is 2. The predicted molar refractivity (Wildman–Crippen MR) is 83.5 cm³/mol. The van der Waals surface area contributed by atoms with Crippen molar-refractivity contribution in [1.82, 2.24) is 10.6 Å². The van der Waals surface area contributed by atoms with Gasteiger partial charge in [0.05, 0.1) is 6.54 Å². The lowest BCUT2D eigenvalue weighted by molar-refractivity contribution is -0.138. The van der Waals surface area contributed by atoms with Gasteiger partial charge in [0.1, 0.15) is 6.54 Å². The monoisotopic (exact) mass is 368 g/mol. The maximum Gasteiger partial charge on any atom is 0.405 e. The summed E-state index contributed by atoms with van der Waals surface area (Å²) in [5, 5.41) is 4.61. The van der Waals surface area contributed by atoms with Crippen molar-refractivity contribution in [2.45, 2.75) is 23.9 Å². The predicted octanol–water partition coefficient (Wildman–Crippen LogP) is 3.01. The lowest BCUT2D eigenvalue weighted by Crippen LogP contribution is -2.40. The SMILES string of the molecule is O=C(CCCSc1ccc(Cl)cc1)NCC(=O)NCC(F)(F)F. The number of thioether (sulfide) groups is 1. The number of hydrogen-bond acceptors (Lipinski definition) is 3. The van der Waals surface area contributed by atoms with E-state index in [-0.39, 0.29) is 12.3 Å². The van der Waals surface area contributed by atoms with E-state index in [1.807, 2.05) is 12.1 Å². The average molecular weight is 369 g/mol. The summed E-state index contributed by atoms with van der Waals surface area (Å²) < 4.78 is 35.6. The molecule has 1 aromatic carbocycles. The van der Waals surface area contributed by atoms with Crippen LogP contribution < -0.4 is 10.6 Å². The summed E-state index contributed by atoms with van der Waals surface area (Å²) in [6, 6.07) is 7.29. The molecule has 0 aliphatic carbocycles. The van der Waals surface area contributed by atoms with Crippen molar-refractivity contribution in [1.29, 1.82) is 0 Å². The minimum absolute atomic E-state index is 0.202. The van der Waals surface area contributed by atoms with Crippen molar-refractivity contribution < 1.29 is 22.8 Å². The van der Waals surface area contributed by atoms with Gasteiger partial charge in [0, 0.05) is 16.3 Å². The quantitative estimate of drug-likeness (QED) is 0.548. The maximum absolute atomic E-state index is 11.9. The summed E-state index contributed by atoms with van der Waals surface area (Å²) in [5.41, 5.74) is 0. The number of amides is 2. The van der Waals surface area contributed by atoms with Crippen LogP contribution >= 0.6 is 23.4 Å². The van der Waals surface area contributed by atoms with E-state index in [4.69, 9.17) is 11.6 Å². The Hall–Kier alpha value is -1.41. The van der Waals surface area contributed by atoms with Crippen LogP contribution in [0.3, 0.4) is 0 Å². The first-order chi connectivity index (χ1) is 10.8. The van der Waals surface area contributed by atoms with Gasteiger partial charge in [-0.2, -0.15) is 13.2 Å². The Morgan fingerprint density at radius 2 is 1.74 bits per heavy atom. The third kappa shape index (κ3) is 10.1. The average Bonchev–Trinajstić information content (AvgIpc) is 2.48. The molecule has 0 spiro atoms. The van der Waals surface area contributed by atoms with Gasteiger partial charge >= 0.3 is 6.18 Å². The molecule has 2 N–H and O–H groups in total. The van der Waals surface area contributed by atoms with E-state index in [9.17, 15) is 22.8 Å². The molecule has 1 rings (SSSR count). The van der Waals surface area contributed by atoms with Crippen molar-refractivity contribution in [3.8, 4) is 0 Å². The molecular weight excluding hydrogens is 353 g/mol. The van der Waals surface area contributed by atoms with Crippen molar-refractivity contribution >= 4 is 35.2 Å². The summed E-state index contributed by atoms with van der Waals surface area (Å²) >= 11 is 7.33. The van der Waals surface area contributed by atoms with Gasteiger partial charge in [-0.1, -0.05) is 11.6 Å². The van der Waals surface area contributed by atoms with E-state index < -0.39 is 25.2 Å². The summed E-state index contributed by atoms with van der Waals surface area (Å²) in [6.07, 6.45) is -3.67. The molecule has 9 heteroatoms. The molecule has 0 saturated heterocycles. The molecule has 0 saturated carbocycles. The second kappa shape index (κ2) is 9.67. The molecule has 0 atom stereocenters. The van der Waals surface area contributed by atoms with Crippen LogP contribution in [0.1, 0.15) is 12.8 Å². The van der Waals surface area contributed by atoms with E-state index in [1.54, 1.807) is 29.2 Å². The van der Waals surface area contributed by atoms with Gasteiger partial charge in [-0.05, 0) is 36.4 Å². The zero-order chi connectivity index (χ0) is 17.3. The highest BCUT2D eigenvalue weighted by Gasteiger charge is 2.27. The molecule has 0 heterocycles. The molecule has 0 bridgehead atoms. The standard InChI is InChI=1S/C14H16ClF3N2O2S/c15-10-3-5-11(6-4-10)23-7-1-2-12(21)19-8-13(22)20-9-14(16,17)18/h3-6H,1-2,7-9H2,(H,19,21)(H,20,22). The fourth-order valence-corrected chi connectivity index (χ4v) is 2.46. The zero-order valence-electron chi connectivity index (χ0n) is 12.1. The second-order valence-electron chi connectivity index (χ2n) is 4.57. The van der Waals surface area contributed by atoms with Gasteiger partial charge in [-0.3, -0.25) is 9.59 Å². The van der Waals surface area contributed by atoms with Crippen LogP contribution in [0, 0.1) is 0 Å². The molecule has 1 aromatic rings. The second-order valence-corrected chi connectivity index (χ2v) is 6.18. The topological polar surface area (TPSA) is 58.2 Å². The molecule has 128 valence electrons. The minimum atomic E-state index is -4.46. The largest absolute Gasteiger partial charge is 0.405 e. The molecule has 0 radical (unpaired) electrons. The van der Waals surface area contributed by atoms with E-state index >= 15 is 0 Å². The highest BCUT2D eigenvalue weighted by Crippen LogP contribution is 2.21. The number of halogens is 4. The molecule has 0 aliphatic rings. The number of benzene rings is 1. The first-order valence-corrected chi connectivity index (χ1v) is 8.11. The molecule has 0 unspecified atom stereocenters. The third-order valence-corrected chi connectivity index (χ3v) is 3.91. The van der Waals surface area contributed by atoms with Crippen LogP contribution in [0.15, 0.2) is 29.2 Å². The van der Waals surface area contributed by atoms with Crippen molar-refractivity contribution in [3.05, 3.63) is 29.3 Å². The van der Waals surface area contributed by atoms with Gasteiger partial charge in [0.15, 0.2) is 0 Å². The van der Waals surface area contributed by atoms with Gasteiger partial charge in [-0.15, -0.1) is 11.8 Å². The minimum Gasteiger partial charge on any atom is -0.347 e. The van der Waals surface area contributed by atoms with Crippen molar-refractivity contribution in [2.75, 3.05) is 18.8 Å².